The van der Waals surface area contributed by atoms with E-state index in [-0.39, 0.29) is 5.56 Å². The average molecular weight is 297 g/mol. The molecule has 0 radical (unpaired) electrons. The maximum atomic E-state index is 14.8. The third-order valence-corrected chi connectivity index (χ3v) is 3.44. The molecule has 0 heterocycles. The summed E-state index contributed by atoms with van der Waals surface area (Å²) in [7, 11) is 0. The van der Waals surface area contributed by atoms with Gasteiger partial charge in [-0.2, -0.15) is 5.26 Å². The van der Waals surface area contributed by atoms with Gasteiger partial charge < -0.3 is 4.74 Å². The van der Waals surface area contributed by atoms with Crippen molar-refractivity contribution in [1.29, 1.82) is 5.26 Å². The van der Waals surface area contributed by atoms with Gasteiger partial charge in [-0.05, 0) is 19.4 Å². The second kappa shape index (κ2) is 6.40. The molecule has 2 aromatic carbocycles. The average Bonchev–Trinajstić information content (AvgIpc) is 2.55. The van der Waals surface area contributed by atoms with Crippen LogP contribution in [0.5, 0.6) is 0 Å². The summed E-state index contributed by atoms with van der Waals surface area (Å²) in [6.07, 6.45) is -0.636. The van der Waals surface area contributed by atoms with Crippen LogP contribution in [0.3, 0.4) is 0 Å². The molecule has 0 N–H and O–H groups in total. The molecule has 2 unspecified atom stereocenters. The number of alkyl halides is 1. The number of esters is 1. The number of hydrogen-bond donors (Lipinski definition) is 0. The number of carbonyl (C=O) groups is 1. The van der Waals surface area contributed by atoms with Crippen molar-refractivity contribution >= 4 is 5.97 Å². The molecule has 4 heteroatoms. The third-order valence-electron chi connectivity index (χ3n) is 3.44. The fraction of sp³-hybridized carbons (Fsp3) is 0.222. The van der Waals surface area contributed by atoms with Crippen LogP contribution in [0.2, 0.25) is 0 Å². The largest absolute Gasteiger partial charge is 0.454 e. The van der Waals surface area contributed by atoms with Crippen molar-refractivity contribution in [3.8, 4) is 6.07 Å². The van der Waals surface area contributed by atoms with Crippen LogP contribution in [0.4, 0.5) is 4.39 Å². The Labute approximate surface area is 129 Å². The first-order valence-electron chi connectivity index (χ1n) is 6.90. The lowest BCUT2D eigenvalue weighted by molar-refractivity contribution is -0.159. The first-order valence-corrected chi connectivity index (χ1v) is 6.90. The summed E-state index contributed by atoms with van der Waals surface area (Å²) < 4.78 is 20.0. The minimum atomic E-state index is -2.81. The van der Waals surface area contributed by atoms with E-state index in [1.807, 2.05) is 13.0 Å². The molecule has 0 fully saturated rings. The number of hydrogen-bond acceptors (Lipinski definition) is 3. The molecule has 0 bridgehead atoms. The van der Waals surface area contributed by atoms with Crippen LogP contribution in [0.15, 0.2) is 54.6 Å². The topological polar surface area (TPSA) is 50.1 Å². The predicted molar refractivity (Wildman–Crippen MR) is 80.5 cm³/mol. The van der Waals surface area contributed by atoms with Crippen molar-refractivity contribution in [3.63, 3.8) is 0 Å². The maximum absolute atomic E-state index is 14.8. The van der Waals surface area contributed by atoms with E-state index in [1.54, 1.807) is 43.3 Å². The molecule has 2 aromatic rings. The molecule has 22 heavy (non-hydrogen) atoms. The van der Waals surface area contributed by atoms with Gasteiger partial charge in [0.1, 0.15) is 12.2 Å². The van der Waals surface area contributed by atoms with Gasteiger partial charge in [0.2, 0.25) is 0 Å². The smallest absolute Gasteiger partial charge is 0.364 e. The van der Waals surface area contributed by atoms with E-state index < -0.39 is 17.7 Å². The van der Waals surface area contributed by atoms with Crippen LogP contribution in [-0.4, -0.2) is 5.97 Å². The normalized spacial score (nSPS) is 14.5. The highest BCUT2D eigenvalue weighted by atomic mass is 19.1. The third kappa shape index (κ3) is 3.15. The number of rotatable bonds is 4. The van der Waals surface area contributed by atoms with E-state index in [0.29, 0.717) is 0 Å². The van der Waals surface area contributed by atoms with E-state index in [9.17, 15) is 9.18 Å². The number of halogens is 1. The summed E-state index contributed by atoms with van der Waals surface area (Å²) in [5.74, 6) is -1.20. The molecule has 0 amide bonds. The van der Waals surface area contributed by atoms with Gasteiger partial charge in [-0.25, -0.2) is 9.18 Å². The van der Waals surface area contributed by atoms with Gasteiger partial charge in [0.05, 0.1) is 0 Å². The standard InChI is InChI=1S/C18H16FNO2/c1-13-8-10-16(11-9-13)18(19,12-20)17(21)22-14(2)15-6-4-3-5-7-15/h3-11,14H,1-2H3. The van der Waals surface area contributed by atoms with Gasteiger partial charge >= 0.3 is 11.6 Å². The van der Waals surface area contributed by atoms with Crippen molar-refractivity contribution in [3.05, 3.63) is 71.3 Å². The van der Waals surface area contributed by atoms with E-state index >= 15 is 0 Å². The van der Waals surface area contributed by atoms with Crippen LogP contribution in [0, 0.1) is 18.3 Å². The Balaban J connectivity index is 2.22. The van der Waals surface area contributed by atoms with Gasteiger partial charge in [0.15, 0.2) is 0 Å². The van der Waals surface area contributed by atoms with E-state index in [1.165, 1.54) is 18.2 Å². The van der Waals surface area contributed by atoms with Gasteiger partial charge in [0, 0.05) is 5.56 Å². The zero-order valence-corrected chi connectivity index (χ0v) is 12.4. The number of nitriles is 1. The molecule has 2 rings (SSSR count). The van der Waals surface area contributed by atoms with Crippen molar-refractivity contribution in [2.75, 3.05) is 0 Å². The Hall–Kier alpha value is -2.67. The Morgan fingerprint density at radius 2 is 1.77 bits per heavy atom. The second-order valence-electron chi connectivity index (χ2n) is 5.09. The van der Waals surface area contributed by atoms with Gasteiger partial charge in [-0.15, -0.1) is 0 Å². The first kappa shape index (κ1) is 15.7. The van der Waals surface area contributed by atoms with Crippen molar-refractivity contribution in [1.82, 2.24) is 0 Å². The van der Waals surface area contributed by atoms with Crippen LogP contribution in [0.1, 0.15) is 29.7 Å². The first-order chi connectivity index (χ1) is 10.5. The fourth-order valence-electron chi connectivity index (χ4n) is 2.05. The molecular formula is C18H16FNO2. The van der Waals surface area contributed by atoms with Crippen molar-refractivity contribution < 1.29 is 13.9 Å². The second-order valence-corrected chi connectivity index (χ2v) is 5.09. The Morgan fingerprint density at radius 3 is 2.32 bits per heavy atom. The molecule has 0 saturated carbocycles. The lowest BCUT2D eigenvalue weighted by Gasteiger charge is -2.20. The number of ether oxygens (including phenoxy) is 1. The zero-order chi connectivity index (χ0) is 16.2. The molecule has 0 saturated heterocycles. The Morgan fingerprint density at radius 1 is 1.18 bits per heavy atom. The lowest BCUT2D eigenvalue weighted by atomic mass is 9.96. The van der Waals surface area contributed by atoms with Crippen LogP contribution in [0.25, 0.3) is 0 Å². The van der Waals surface area contributed by atoms with Crippen LogP contribution in [-0.2, 0) is 15.2 Å². The molecule has 3 nitrogen and oxygen atoms in total. The molecule has 2 atom stereocenters. The molecule has 112 valence electrons. The van der Waals surface area contributed by atoms with E-state index in [2.05, 4.69) is 0 Å². The lowest BCUT2D eigenvalue weighted by Crippen LogP contribution is -2.32. The van der Waals surface area contributed by atoms with Crippen LogP contribution < -0.4 is 0 Å². The van der Waals surface area contributed by atoms with Gasteiger partial charge in [-0.1, -0.05) is 60.2 Å². The summed E-state index contributed by atoms with van der Waals surface area (Å²) in [4.78, 5) is 12.1. The summed E-state index contributed by atoms with van der Waals surface area (Å²) in [5, 5.41) is 9.14. The minimum Gasteiger partial charge on any atom is -0.454 e. The molecule has 0 aliphatic carbocycles. The number of carbonyl (C=O) groups excluding carboxylic acids is 1. The molecular weight excluding hydrogens is 281 g/mol. The number of nitrogens with zero attached hydrogens (tertiary/aromatic N) is 1. The van der Waals surface area contributed by atoms with Crippen molar-refractivity contribution in [2.24, 2.45) is 0 Å². The van der Waals surface area contributed by atoms with Crippen molar-refractivity contribution in [2.45, 2.75) is 25.6 Å². The maximum Gasteiger partial charge on any atom is 0.364 e. The number of benzene rings is 2. The fourth-order valence-corrected chi connectivity index (χ4v) is 2.05. The van der Waals surface area contributed by atoms with Gasteiger partial charge in [-0.3, -0.25) is 0 Å². The highest BCUT2D eigenvalue weighted by Crippen LogP contribution is 2.30. The zero-order valence-electron chi connectivity index (χ0n) is 12.4. The highest BCUT2D eigenvalue weighted by Gasteiger charge is 2.43. The van der Waals surface area contributed by atoms with Crippen LogP contribution >= 0.6 is 0 Å². The molecule has 0 aliphatic heterocycles. The molecule has 0 spiro atoms. The SMILES string of the molecule is Cc1ccc(C(F)(C#N)C(=O)OC(C)c2ccccc2)cc1. The van der Waals surface area contributed by atoms with Gasteiger partial charge in [0.25, 0.3) is 0 Å². The minimum absolute atomic E-state index is 0.0224. The molecule has 0 aromatic heterocycles. The Bertz CT molecular complexity index is 691. The predicted octanol–water partition coefficient (Wildman–Crippen LogP) is 3.99. The summed E-state index contributed by atoms with van der Waals surface area (Å²) in [6, 6.07) is 16.5. The molecule has 0 aliphatic rings. The highest BCUT2D eigenvalue weighted by molar-refractivity contribution is 5.84. The summed E-state index contributed by atoms with van der Waals surface area (Å²) >= 11 is 0. The monoisotopic (exact) mass is 297 g/mol. The van der Waals surface area contributed by atoms with E-state index in [4.69, 9.17) is 10.00 Å². The van der Waals surface area contributed by atoms with E-state index in [0.717, 1.165) is 11.1 Å². The quantitative estimate of drug-likeness (QED) is 0.802. The number of aryl methyl sites for hydroxylation is 1. The Kier molecular flexibility index (Phi) is 4.57. The summed E-state index contributed by atoms with van der Waals surface area (Å²) in [6.45, 7) is 3.48. The summed E-state index contributed by atoms with van der Waals surface area (Å²) in [5.41, 5.74) is -1.18.